The minimum atomic E-state index is -3.54. The Morgan fingerprint density at radius 1 is 1.18 bits per heavy atom. The van der Waals surface area contributed by atoms with Crippen LogP contribution in [0.2, 0.25) is 0 Å². The third-order valence-electron chi connectivity index (χ3n) is 5.50. The summed E-state index contributed by atoms with van der Waals surface area (Å²) in [6, 6.07) is 8.35. The molecular formula is C19H25N5O3S. The van der Waals surface area contributed by atoms with Crippen molar-refractivity contribution in [3.63, 3.8) is 0 Å². The molecule has 2 saturated heterocycles. The summed E-state index contributed by atoms with van der Waals surface area (Å²) in [5.41, 5.74) is 0. The second-order valence-electron chi connectivity index (χ2n) is 7.34. The fourth-order valence-corrected chi connectivity index (χ4v) is 5.46. The van der Waals surface area contributed by atoms with Gasteiger partial charge in [-0.3, -0.25) is 0 Å². The van der Waals surface area contributed by atoms with Gasteiger partial charge in [-0.15, -0.1) is 10.2 Å². The number of aromatic nitrogens is 4. The van der Waals surface area contributed by atoms with Gasteiger partial charge < -0.3 is 4.74 Å². The van der Waals surface area contributed by atoms with E-state index in [2.05, 4.69) is 37.5 Å². The number of sulfonamides is 1. The lowest BCUT2D eigenvalue weighted by Gasteiger charge is -2.27. The van der Waals surface area contributed by atoms with E-state index in [9.17, 15) is 8.42 Å². The third-order valence-corrected chi connectivity index (χ3v) is 6.98. The number of unbranched alkanes of at least 4 members (excludes halogenated alkanes) is 1. The second kappa shape index (κ2) is 8.50. The Hall–Kier alpha value is -2.10. The number of nitrogens with one attached hydrogen (secondary N) is 2. The number of rotatable bonds is 9. The number of hydrogen-bond acceptors (Lipinski definition) is 6. The van der Waals surface area contributed by atoms with Crippen LogP contribution in [-0.2, 0) is 21.2 Å². The van der Waals surface area contributed by atoms with Crippen LogP contribution in [0, 0.1) is 5.92 Å². The van der Waals surface area contributed by atoms with E-state index in [1.807, 2.05) is 6.07 Å². The summed E-state index contributed by atoms with van der Waals surface area (Å²) in [6.45, 7) is 0. The standard InChI is InChI=1S/C19H25N5O3S/c25-28(26,14-8-4-3-5-9-14)22-19-15(16-12-13-17(19)27-16)10-6-1-2-7-11-18-20-23-24-21-18/h1,3-6,8-9,15-17,19,22H,2,7,10-13H2,(H,20,21,23,24)/t15-,16+,17-,19+/m0/s1. The maximum absolute atomic E-state index is 12.7. The Morgan fingerprint density at radius 3 is 2.79 bits per heavy atom. The molecule has 2 fully saturated rings. The fourth-order valence-electron chi connectivity index (χ4n) is 4.12. The summed E-state index contributed by atoms with van der Waals surface area (Å²) >= 11 is 0. The number of tetrazole rings is 1. The highest BCUT2D eigenvalue weighted by molar-refractivity contribution is 7.89. The van der Waals surface area contributed by atoms with Crippen molar-refractivity contribution in [2.75, 3.05) is 0 Å². The summed E-state index contributed by atoms with van der Waals surface area (Å²) in [6.07, 6.45) is 9.80. The molecule has 150 valence electrons. The predicted molar refractivity (Wildman–Crippen MR) is 103 cm³/mol. The van der Waals surface area contributed by atoms with Crippen LogP contribution >= 0.6 is 0 Å². The van der Waals surface area contributed by atoms with Gasteiger partial charge in [0.05, 0.1) is 23.1 Å². The number of aryl methyl sites for hydroxylation is 1. The molecule has 9 heteroatoms. The average molecular weight is 404 g/mol. The van der Waals surface area contributed by atoms with Crippen molar-refractivity contribution in [3.05, 3.63) is 48.3 Å². The van der Waals surface area contributed by atoms with Gasteiger partial charge in [-0.1, -0.05) is 35.6 Å². The van der Waals surface area contributed by atoms with Crippen LogP contribution in [0.4, 0.5) is 0 Å². The molecule has 8 nitrogen and oxygen atoms in total. The summed E-state index contributed by atoms with van der Waals surface area (Å²) in [7, 11) is -3.54. The molecule has 0 unspecified atom stereocenters. The van der Waals surface area contributed by atoms with Crippen molar-refractivity contribution >= 4 is 10.0 Å². The van der Waals surface area contributed by atoms with Gasteiger partial charge in [-0.2, -0.15) is 5.21 Å². The molecule has 0 amide bonds. The van der Waals surface area contributed by atoms with Crippen molar-refractivity contribution in [1.82, 2.24) is 25.3 Å². The van der Waals surface area contributed by atoms with E-state index in [1.165, 1.54) is 0 Å². The first-order valence-corrected chi connectivity index (χ1v) is 11.2. The molecule has 2 aliphatic rings. The molecule has 28 heavy (non-hydrogen) atoms. The molecule has 2 bridgehead atoms. The van der Waals surface area contributed by atoms with E-state index in [-0.39, 0.29) is 24.2 Å². The molecule has 3 heterocycles. The van der Waals surface area contributed by atoms with E-state index in [4.69, 9.17) is 4.74 Å². The van der Waals surface area contributed by atoms with Crippen LogP contribution in [0.25, 0.3) is 0 Å². The first-order chi connectivity index (χ1) is 13.6. The fraction of sp³-hybridized carbons (Fsp3) is 0.526. The SMILES string of the molecule is O=S(=O)(N[C@@H]1[C@@H](CC=CCCCc2nn[nH]n2)[C@H]2CC[C@@H]1O2)c1ccccc1. The predicted octanol–water partition coefficient (Wildman–Crippen LogP) is 1.99. The van der Waals surface area contributed by atoms with E-state index in [0.29, 0.717) is 4.90 Å². The van der Waals surface area contributed by atoms with Crippen molar-refractivity contribution in [3.8, 4) is 0 Å². The molecule has 1 aromatic carbocycles. The number of allylic oxidation sites excluding steroid dienone is 2. The van der Waals surface area contributed by atoms with Crippen LogP contribution in [0.5, 0.6) is 0 Å². The van der Waals surface area contributed by atoms with Crippen molar-refractivity contribution < 1.29 is 13.2 Å². The summed E-state index contributed by atoms with van der Waals surface area (Å²) in [4.78, 5) is 0.300. The number of fused-ring (bicyclic) bond motifs is 2. The molecular weight excluding hydrogens is 378 g/mol. The zero-order valence-corrected chi connectivity index (χ0v) is 16.4. The monoisotopic (exact) mass is 403 g/mol. The highest BCUT2D eigenvalue weighted by atomic mass is 32.2. The number of H-pyrrole nitrogens is 1. The van der Waals surface area contributed by atoms with E-state index in [1.54, 1.807) is 24.3 Å². The molecule has 0 radical (unpaired) electrons. The Balaban J connectivity index is 1.33. The number of ether oxygens (including phenoxy) is 1. The van der Waals surface area contributed by atoms with Gasteiger partial charge in [0.15, 0.2) is 5.82 Å². The lowest BCUT2D eigenvalue weighted by molar-refractivity contribution is 0.0907. The number of hydrogen-bond donors (Lipinski definition) is 2. The van der Waals surface area contributed by atoms with Crippen molar-refractivity contribution in [1.29, 1.82) is 0 Å². The quantitative estimate of drug-likeness (QED) is 0.489. The molecule has 4 atom stereocenters. The molecule has 2 aromatic rings. The van der Waals surface area contributed by atoms with Gasteiger partial charge in [0.25, 0.3) is 0 Å². The van der Waals surface area contributed by atoms with Gasteiger partial charge in [0.2, 0.25) is 10.0 Å². The first kappa shape index (κ1) is 19.2. The van der Waals surface area contributed by atoms with Crippen LogP contribution in [0.1, 0.15) is 37.9 Å². The van der Waals surface area contributed by atoms with Gasteiger partial charge in [-0.25, -0.2) is 13.1 Å². The van der Waals surface area contributed by atoms with Gasteiger partial charge >= 0.3 is 0 Å². The summed E-state index contributed by atoms with van der Waals surface area (Å²) in [5, 5.41) is 13.9. The Morgan fingerprint density at radius 2 is 2.00 bits per heavy atom. The zero-order chi connectivity index (χ0) is 19.4. The Kier molecular flexibility index (Phi) is 5.84. The number of nitrogens with zero attached hydrogens (tertiary/aromatic N) is 3. The largest absolute Gasteiger partial charge is 0.373 e. The van der Waals surface area contributed by atoms with Crippen LogP contribution in [-0.4, -0.2) is 47.3 Å². The number of aromatic amines is 1. The Bertz CT molecular complexity index is 886. The molecule has 1 aromatic heterocycles. The van der Waals surface area contributed by atoms with Crippen LogP contribution in [0.15, 0.2) is 47.4 Å². The van der Waals surface area contributed by atoms with Crippen LogP contribution in [0.3, 0.4) is 0 Å². The molecule has 2 N–H and O–H groups in total. The first-order valence-electron chi connectivity index (χ1n) is 9.73. The normalized spacial score (nSPS) is 27.0. The zero-order valence-electron chi connectivity index (χ0n) is 15.6. The maximum atomic E-state index is 12.7. The van der Waals surface area contributed by atoms with E-state index in [0.717, 1.165) is 44.3 Å². The minimum absolute atomic E-state index is 0.0277. The van der Waals surface area contributed by atoms with Gasteiger partial charge in [0.1, 0.15) is 0 Å². The molecule has 4 rings (SSSR count). The highest BCUT2D eigenvalue weighted by Crippen LogP contribution is 2.41. The van der Waals surface area contributed by atoms with Gasteiger partial charge in [0, 0.05) is 12.3 Å². The molecule has 0 aliphatic carbocycles. The Labute approximate surface area is 164 Å². The minimum Gasteiger partial charge on any atom is -0.373 e. The second-order valence-corrected chi connectivity index (χ2v) is 9.06. The van der Waals surface area contributed by atoms with Crippen LogP contribution < -0.4 is 4.72 Å². The topological polar surface area (TPSA) is 110 Å². The summed E-state index contributed by atoms with van der Waals surface area (Å²) in [5.74, 6) is 0.899. The van der Waals surface area contributed by atoms with E-state index >= 15 is 0 Å². The van der Waals surface area contributed by atoms with E-state index < -0.39 is 10.0 Å². The lowest BCUT2D eigenvalue weighted by Crippen LogP contribution is -2.46. The molecule has 0 saturated carbocycles. The third kappa shape index (κ3) is 4.31. The summed E-state index contributed by atoms with van der Waals surface area (Å²) < 4.78 is 34.4. The molecule has 0 spiro atoms. The van der Waals surface area contributed by atoms with Crippen molar-refractivity contribution in [2.24, 2.45) is 5.92 Å². The molecule has 2 aliphatic heterocycles. The smallest absolute Gasteiger partial charge is 0.240 e. The lowest BCUT2D eigenvalue weighted by atomic mass is 9.83. The highest BCUT2D eigenvalue weighted by Gasteiger charge is 2.49. The maximum Gasteiger partial charge on any atom is 0.240 e. The average Bonchev–Trinajstić information content (AvgIpc) is 3.44. The number of benzene rings is 1. The van der Waals surface area contributed by atoms with Crippen molar-refractivity contribution in [2.45, 2.75) is 61.7 Å². The van der Waals surface area contributed by atoms with Gasteiger partial charge in [-0.05, 0) is 44.2 Å².